The highest BCUT2D eigenvalue weighted by molar-refractivity contribution is 6.31. The molecule has 140 valence electrons. The Morgan fingerprint density at radius 1 is 1.19 bits per heavy atom. The van der Waals surface area contributed by atoms with Gasteiger partial charge in [0.05, 0.1) is 10.6 Å². The van der Waals surface area contributed by atoms with Crippen molar-refractivity contribution in [2.24, 2.45) is 0 Å². The molecule has 0 fully saturated rings. The van der Waals surface area contributed by atoms with Gasteiger partial charge >= 0.3 is 5.97 Å². The number of amides is 1. The van der Waals surface area contributed by atoms with Gasteiger partial charge in [-0.15, -0.1) is 0 Å². The van der Waals surface area contributed by atoms with E-state index in [0.717, 1.165) is 11.1 Å². The van der Waals surface area contributed by atoms with E-state index >= 15 is 0 Å². The summed E-state index contributed by atoms with van der Waals surface area (Å²) in [6.45, 7) is 3.05. The van der Waals surface area contributed by atoms with Crippen LogP contribution in [0.2, 0.25) is 5.02 Å². The lowest BCUT2D eigenvalue weighted by Crippen LogP contribution is -2.20. The molecule has 0 aliphatic heterocycles. The molecule has 2 aromatic rings. The molecule has 2 rings (SSSR count). The predicted molar refractivity (Wildman–Crippen MR) is 103 cm³/mol. The third-order valence-corrected chi connectivity index (χ3v) is 4.07. The number of ether oxygens (including phenoxy) is 1. The molecule has 1 amide bonds. The van der Waals surface area contributed by atoms with Crippen LogP contribution in [0.25, 0.3) is 6.08 Å². The first kappa shape index (κ1) is 20.1. The summed E-state index contributed by atoms with van der Waals surface area (Å²) in [5.41, 5.74) is 2.43. The van der Waals surface area contributed by atoms with Gasteiger partial charge in [0, 0.05) is 23.2 Å². The van der Waals surface area contributed by atoms with Crippen molar-refractivity contribution in [3.8, 4) is 0 Å². The Kier molecular flexibility index (Phi) is 6.67. The number of non-ortho nitro benzene ring substituents is 1. The van der Waals surface area contributed by atoms with Gasteiger partial charge in [0.1, 0.15) is 0 Å². The molecule has 7 nitrogen and oxygen atoms in total. The maximum absolute atomic E-state index is 11.9. The van der Waals surface area contributed by atoms with Crippen LogP contribution in [0.4, 0.5) is 11.4 Å². The molecule has 0 unspecified atom stereocenters. The van der Waals surface area contributed by atoms with E-state index in [0.29, 0.717) is 10.6 Å². The SMILES string of the molecule is Cc1ccc(/C=C/C(=O)OCC(=O)Nc2cc([N+](=O)[O-])ccc2C)cc1Cl. The van der Waals surface area contributed by atoms with Crippen LogP contribution in [0.15, 0.2) is 42.5 Å². The van der Waals surface area contributed by atoms with E-state index in [1.165, 1.54) is 30.4 Å². The fraction of sp³-hybridized carbons (Fsp3) is 0.158. The highest BCUT2D eigenvalue weighted by atomic mass is 35.5. The highest BCUT2D eigenvalue weighted by Gasteiger charge is 2.12. The van der Waals surface area contributed by atoms with Gasteiger partial charge in [0.15, 0.2) is 6.61 Å². The first-order chi connectivity index (χ1) is 12.8. The van der Waals surface area contributed by atoms with Crippen LogP contribution in [0.3, 0.4) is 0 Å². The van der Waals surface area contributed by atoms with E-state index in [-0.39, 0.29) is 11.4 Å². The summed E-state index contributed by atoms with van der Waals surface area (Å²) >= 11 is 6.01. The summed E-state index contributed by atoms with van der Waals surface area (Å²) in [7, 11) is 0. The zero-order chi connectivity index (χ0) is 20.0. The number of anilines is 1. The van der Waals surface area contributed by atoms with Crippen molar-refractivity contribution in [1.82, 2.24) is 0 Å². The standard InChI is InChI=1S/C19H17ClN2O5/c1-12-3-5-14(9-16(12)20)6-8-19(24)27-11-18(23)21-17-10-15(22(25)26)7-4-13(17)2/h3-10H,11H2,1-2H3,(H,21,23)/b8-6+. The van der Waals surface area contributed by atoms with Crippen molar-refractivity contribution in [1.29, 1.82) is 0 Å². The third kappa shape index (κ3) is 5.93. The van der Waals surface area contributed by atoms with Gasteiger partial charge in [-0.3, -0.25) is 14.9 Å². The van der Waals surface area contributed by atoms with Crippen LogP contribution in [-0.2, 0) is 14.3 Å². The molecular formula is C19H17ClN2O5. The number of carbonyl (C=O) groups is 2. The summed E-state index contributed by atoms with van der Waals surface area (Å²) in [4.78, 5) is 33.9. The summed E-state index contributed by atoms with van der Waals surface area (Å²) in [5.74, 6) is -1.30. The number of hydrogen-bond acceptors (Lipinski definition) is 5. The van der Waals surface area contributed by atoms with Gasteiger partial charge in [-0.2, -0.15) is 0 Å². The van der Waals surface area contributed by atoms with Crippen molar-refractivity contribution in [3.63, 3.8) is 0 Å². The number of hydrogen-bond donors (Lipinski definition) is 1. The molecule has 1 N–H and O–H groups in total. The minimum absolute atomic E-state index is 0.146. The molecule has 0 atom stereocenters. The quantitative estimate of drug-likeness (QED) is 0.348. The van der Waals surface area contributed by atoms with Crippen LogP contribution in [-0.4, -0.2) is 23.4 Å². The average Bonchev–Trinajstić information content (AvgIpc) is 2.62. The van der Waals surface area contributed by atoms with Gasteiger partial charge < -0.3 is 10.1 Å². The zero-order valence-electron chi connectivity index (χ0n) is 14.7. The van der Waals surface area contributed by atoms with E-state index in [1.807, 2.05) is 13.0 Å². The molecule has 2 aromatic carbocycles. The first-order valence-electron chi connectivity index (χ1n) is 7.92. The Hall–Kier alpha value is -3.19. The zero-order valence-corrected chi connectivity index (χ0v) is 15.4. The molecule has 8 heteroatoms. The minimum atomic E-state index is -0.697. The van der Waals surface area contributed by atoms with E-state index in [4.69, 9.17) is 16.3 Å². The van der Waals surface area contributed by atoms with Crippen molar-refractivity contribution >= 4 is 40.9 Å². The van der Waals surface area contributed by atoms with E-state index in [1.54, 1.807) is 19.1 Å². The van der Waals surface area contributed by atoms with Crippen molar-refractivity contribution in [2.75, 3.05) is 11.9 Å². The third-order valence-electron chi connectivity index (χ3n) is 3.66. The van der Waals surface area contributed by atoms with Gasteiger partial charge in [-0.1, -0.05) is 29.8 Å². The van der Waals surface area contributed by atoms with E-state index in [9.17, 15) is 19.7 Å². The monoisotopic (exact) mass is 388 g/mol. The van der Waals surface area contributed by atoms with Crippen molar-refractivity contribution in [2.45, 2.75) is 13.8 Å². The molecule has 0 heterocycles. The maximum atomic E-state index is 11.9. The Bertz CT molecular complexity index is 924. The van der Waals surface area contributed by atoms with Gasteiger partial charge in [-0.25, -0.2) is 4.79 Å². The number of nitrogens with zero attached hydrogens (tertiary/aromatic N) is 1. The van der Waals surface area contributed by atoms with Crippen LogP contribution < -0.4 is 5.32 Å². The summed E-state index contributed by atoms with van der Waals surface area (Å²) in [6, 6.07) is 9.43. The highest BCUT2D eigenvalue weighted by Crippen LogP contribution is 2.21. The second-order valence-electron chi connectivity index (χ2n) is 5.75. The number of nitro groups is 1. The van der Waals surface area contributed by atoms with Gasteiger partial charge in [0.25, 0.3) is 11.6 Å². The number of nitrogens with one attached hydrogen (secondary N) is 1. The molecule has 0 spiro atoms. The second kappa shape index (κ2) is 8.95. The molecule has 27 heavy (non-hydrogen) atoms. The van der Waals surface area contributed by atoms with E-state index in [2.05, 4.69) is 5.32 Å². The van der Waals surface area contributed by atoms with E-state index < -0.39 is 23.4 Å². The largest absolute Gasteiger partial charge is 0.452 e. The number of aryl methyl sites for hydroxylation is 2. The molecule has 0 aliphatic carbocycles. The Morgan fingerprint density at radius 3 is 2.56 bits per heavy atom. The maximum Gasteiger partial charge on any atom is 0.331 e. The smallest absolute Gasteiger partial charge is 0.331 e. The molecule has 0 saturated carbocycles. The van der Waals surface area contributed by atoms with Crippen LogP contribution in [0.1, 0.15) is 16.7 Å². The Balaban J connectivity index is 1.90. The summed E-state index contributed by atoms with van der Waals surface area (Å²) in [6.07, 6.45) is 2.71. The lowest BCUT2D eigenvalue weighted by Gasteiger charge is -2.08. The van der Waals surface area contributed by atoms with Crippen LogP contribution >= 0.6 is 11.6 Å². The molecule has 0 radical (unpaired) electrons. The number of halogens is 1. The number of nitro benzene ring substituents is 1. The van der Waals surface area contributed by atoms with Gasteiger partial charge in [0.2, 0.25) is 0 Å². The van der Waals surface area contributed by atoms with Gasteiger partial charge in [-0.05, 0) is 42.7 Å². The van der Waals surface area contributed by atoms with Crippen LogP contribution in [0.5, 0.6) is 0 Å². The molecule has 0 aliphatic rings. The number of esters is 1. The molecule has 0 bridgehead atoms. The van der Waals surface area contributed by atoms with Crippen molar-refractivity contribution in [3.05, 3.63) is 74.3 Å². The second-order valence-corrected chi connectivity index (χ2v) is 6.16. The fourth-order valence-corrected chi connectivity index (χ4v) is 2.30. The lowest BCUT2D eigenvalue weighted by atomic mass is 10.1. The number of benzene rings is 2. The number of rotatable bonds is 6. The molecule has 0 saturated heterocycles. The lowest BCUT2D eigenvalue weighted by molar-refractivity contribution is -0.384. The first-order valence-corrected chi connectivity index (χ1v) is 8.30. The fourth-order valence-electron chi connectivity index (χ4n) is 2.11. The Morgan fingerprint density at radius 2 is 1.89 bits per heavy atom. The molecule has 0 aromatic heterocycles. The van der Waals surface area contributed by atoms with Crippen LogP contribution in [0, 0.1) is 24.0 Å². The minimum Gasteiger partial charge on any atom is -0.452 e. The topological polar surface area (TPSA) is 98.5 Å². The Labute approximate surface area is 160 Å². The predicted octanol–water partition coefficient (Wildman–Crippen LogP) is 4.06. The average molecular weight is 389 g/mol. The van der Waals surface area contributed by atoms with Crippen molar-refractivity contribution < 1.29 is 19.2 Å². The summed E-state index contributed by atoms with van der Waals surface area (Å²) in [5, 5.41) is 13.9. The molecular weight excluding hydrogens is 372 g/mol. The normalized spacial score (nSPS) is 10.6. The number of carbonyl (C=O) groups excluding carboxylic acids is 2. The summed E-state index contributed by atoms with van der Waals surface area (Å²) < 4.78 is 4.86.